The first kappa shape index (κ1) is 12.4. The topological polar surface area (TPSA) is 26.0 Å². The van der Waals surface area contributed by atoms with Crippen LogP contribution in [0.4, 0.5) is 22.0 Å². The van der Waals surface area contributed by atoms with E-state index in [9.17, 15) is 22.0 Å². The van der Waals surface area contributed by atoms with Gasteiger partial charge in [0.05, 0.1) is 0 Å². The van der Waals surface area contributed by atoms with E-state index in [0.29, 0.717) is 5.56 Å². The fourth-order valence-corrected chi connectivity index (χ4v) is 2.01. The van der Waals surface area contributed by atoms with Gasteiger partial charge >= 0.3 is 12.1 Å². The first-order valence-corrected chi connectivity index (χ1v) is 4.80. The van der Waals surface area contributed by atoms with Crippen LogP contribution in [0, 0.1) is 6.92 Å². The van der Waals surface area contributed by atoms with Crippen LogP contribution in [0.15, 0.2) is 11.4 Å². The van der Waals surface area contributed by atoms with Crippen molar-refractivity contribution >= 4 is 11.3 Å². The quantitative estimate of drug-likeness (QED) is 0.795. The largest absolute Gasteiger partial charge is 0.455 e. The number of hydrogen-bond donors (Lipinski definition) is 1. The van der Waals surface area contributed by atoms with Crippen molar-refractivity contribution in [2.45, 2.75) is 25.1 Å². The predicted molar refractivity (Wildman–Crippen MR) is 47.0 cm³/mol. The highest BCUT2D eigenvalue weighted by Gasteiger charge is 2.62. The molecule has 0 aromatic carbocycles. The molecule has 0 bridgehead atoms. The molecule has 1 heterocycles. The predicted octanol–water partition coefficient (Wildman–Crippen LogP) is 3.25. The van der Waals surface area contributed by atoms with Crippen molar-refractivity contribution in [2.75, 3.05) is 0 Å². The summed E-state index contributed by atoms with van der Waals surface area (Å²) in [4.78, 5) is -0.141. The van der Waals surface area contributed by atoms with Gasteiger partial charge in [-0.05, 0) is 23.9 Å². The molecular weight excluding hydrogens is 237 g/mol. The van der Waals surface area contributed by atoms with E-state index in [1.807, 2.05) is 0 Å². The smallest absolute Gasteiger partial charge is 0.318 e. The molecule has 1 rings (SSSR count). The minimum Gasteiger partial charge on any atom is -0.318 e. The van der Waals surface area contributed by atoms with Crippen LogP contribution < -0.4 is 5.73 Å². The molecule has 0 amide bonds. The molecule has 0 fully saturated rings. The van der Waals surface area contributed by atoms with E-state index >= 15 is 0 Å². The van der Waals surface area contributed by atoms with Crippen LogP contribution in [0.5, 0.6) is 0 Å². The zero-order valence-electron chi connectivity index (χ0n) is 7.61. The maximum absolute atomic E-state index is 12.8. The standard InChI is InChI=1S/C8H8F5NS/c1-4-2-3-15-5(4)6(14)7(9,10)8(11,12)13/h2-3,6H,14H2,1H3/t6-/m0/s1. The van der Waals surface area contributed by atoms with Gasteiger partial charge in [-0.2, -0.15) is 22.0 Å². The van der Waals surface area contributed by atoms with Gasteiger partial charge in [0, 0.05) is 4.88 Å². The summed E-state index contributed by atoms with van der Waals surface area (Å²) in [7, 11) is 0. The SMILES string of the molecule is Cc1ccsc1[C@H](N)C(F)(F)C(F)(F)F. The van der Waals surface area contributed by atoms with E-state index in [2.05, 4.69) is 0 Å². The Morgan fingerprint density at radius 3 is 2.13 bits per heavy atom. The second-order valence-electron chi connectivity index (χ2n) is 3.07. The molecule has 0 aliphatic rings. The highest BCUT2D eigenvalue weighted by atomic mass is 32.1. The van der Waals surface area contributed by atoms with Crippen LogP contribution in [0.3, 0.4) is 0 Å². The minimum absolute atomic E-state index is 0.141. The maximum Gasteiger partial charge on any atom is 0.455 e. The molecular formula is C8H8F5NS. The summed E-state index contributed by atoms with van der Waals surface area (Å²) < 4.78 is 61.6. The van der Waals surface area contributed by atoms with E-state index < -0.39 is 18.1 Å². The molecule has 0 saturated heterocycles. The molecule has 1 aromatic rings. The van der Waals surface area contributed by atoms with Crippen molar-refractivity contribution < 1.29 is 22.0 Å². The van der Waals surface area contributed by atoms with Crippen molar-refractivity contribution in [3.05, 3.63) is 21.9 Å². The Hall–Kier alpha value is -0.690. The molecule has 0 unspecified atom stereocenters. The van der Waals surface area contributed by atoms with Gasteiger partial charge in [0.2, 0.25) is 0 Å². The molecule has 0 aliphatic heterocycles. The molecule has 15 heavy (non-hydrogen) atoms. The molecule has 1 atom stereocenters. The van der Waals surface area contributed by atoms with Gasteiger partial charge < -0.3 is 5.73 Å². The summed E-state index contributed by atoms with van der Waals surface area (Å²) in [6, 6.07) is -0.885. The second-order valence-corrected chi connectivity index (χ2v) is 4.01. The van der Waals surface area contributed by atoms with Crippen LogP contribution in [0.1, 0.15) is 16.5 Å². The Morgan fingerprint density at radius 2 is 1.80 bits per heavy atom. The highest BCUT2D eigenvalue weighted by molar-refractivity contribution is 7.10. The maximum atomic E-state index is 12.8. The first-order valence-electron chi connectivity index (χ1n) is 3.92. The molecule has 0 spiro atoms. The molecule has 1 nitrogen and oxygen atoms in total. The molecule has 2 N–H and O–H groups in total. The lowest BCUT2D eigenvalue weighted by molar-refractivity contribution is -0.290. The fourth-order valence-electron chi connectivity index (χ4n) is 1.04. The number of hydrogen-bond acceptors (Lipinski definition) is 2. The van der Waals surface area contributed by atoms with Gasteiger partial charge in [-0.15, -0.1) is 11.3 Å². The van der Waals surface area contributed by atoms with Gasteiger partial charge in [0.25, 0.3) is 0 Å². The van der Waals surface area contributed by atoms with Crippen molar-refractivity contribution in [3.63, 3.8) is 0 Å². The summed E-state index contributed by atoms with van der Waals surface area (Å²) in [5, 5.41) is 1.43. The van der Waals surface area contributed by atoms with Crippen molar-refractivity contribution in [1.82, 2.24) is 0 Å². The zero-order chi connectivity index (χ0) is 11.9. The van der Waals surface area contributed by atoms with Crippen molar-refractivity contribution in [3.8, 4) is 0 Å². The van der Waals surface area contributed by atoms with Crippen molar-refractivity contribution in [1.29, 1.82) is 0 Å². The number of rotatable bonds is 2. The van der Waals surface area contributed by atoms with Gasteiger partial charge in [-0.3, -0.25) is 0 Å². The fraction of sp³-hybridized carbons (Fsp3) is 0.500. The number of nitrogens with two attached hydrogens (primary N) is 1. The third kappa shape index (κ3) is 2.12. The summed E-state index contributed by atoms with van der Waals surface area (Å²) >= 11 is 0.796. The molecule has 7 heteroatoms. The molecule has 1 aromatic heterocycles. The highest BCUT2D eigenvalue weighted by Crippen LogP contribution is 2.44. The summed E-state index contributed by atoms with van der Waals surface area (Å²) in [5.41, 5.74) is 5.29. The average Bonchev–Trinajstić information content (AvgIpc) is 2.48. The lowest BCUT2D eigenvalue weighted by Crippen LogP contribution is -2.45. The molecule has 0 saturated carbocycles. The van der Waals surface area contributed by atoms with Crippen LogP contribution in [0.25, 0.3) is 0 Å². The second kappa shape index (κ2) is 3.71. The Bertz CT molecular complexity index is 343. The van der Waals surface area contributed by atoms with Crippen LogP contribution >= 0.6 is 11.3 Å². The lowest BCUT2D eigenvalue weighted by atomic mass is 10.1. The Labute approximate surface area is 86.7 Å². The van der Waals surface area contributed by atoms with Gasteiger partial charge in [0.15, 0.2) is 0 Å². The molecule has 86 valence electrons. The van der Waals surface area contributed by atoms with E-state index in [4.69, 9.17) is 5.73 Å². The molecule has 0 aliphatic carbocycles. The van der Waals surface area contributed by atoms with Crippen molar-refractivity contribution in [2.24, 2.45) is 5.73 Å². The monoisotopic (exact) mass is 245 g/mol. The Kier molecular flexibility index (Phi) is 3.06. The van der Waals surface area contributed by atoms with Gasteiger partial charge in [-0.1, -0.05) is 0 Å². The average molecular weight is 245 g/mol. The van der Waals surface area contributed by atoms with Gasteiger partial charge in [-0.25, -0.2) is 0 Å². The van der Waals surface area contributed by atoms with E-state index in [1.165, 1.54) is 18.4 Å². The summed E-state index contributed by atoms with van der Waals surface area (Å²) in [5.74, 6) is -4.90. The number of alkyl halides is 5. The summed E-state index contributed by atoms with van der Waals surface area (Å²) in [6.45, 7) is 1.44. The van der Waals surface area contributed by atoms with E-state index in [0.717, 1.165) is 11.3 Å². The van der Waals surface area contributed by atoms with Gasteiger partial charge in [0.1, 0.15) is 6.04 Å². The number of aryl methyl sites for hydroxylation is 1. The molecule has 0 radical (unpaired) electrons. The van der Waals surface area contributed by atoms with E-state index in [-0.39, 0.29) is 4.88 Å². The number of halogens is 5. The van der Waals surface area contributed by atoms with Crippen LogP contribution in [-0.2, 0) is 0 Å². The normalized spacial score (nSPS) is 15.4. The Morgan fingerprint density at radius 1 is 1.27 bits per heavy atom. The minimum atomic E-state index is -5.62. The third-order valence-electron chi connectivity index (χ3n) is 1.95. The van der Waals surface area contributed by atoms with E-state index in [1.54, 1.807) is 0 Å². The van der Waals surface area contributed by atoms with Crippen LogP contribution in [-0.4, -0.2) is 12.1 Å². The first-order chi connectivity index (χ1) is 6.68. The third-order valence-corrected chi connectivity index (χ3v) is 3.05. The van der Waals surface area contributed by atoms with Crippen LogP contribution in [0.2, 0.25) is 0 Å². The Balaban J connectivity index is 3.05. The summed E-state index contributed by atoms with van der Waals surface area (Å²) in [6.07, 6.45) is -5.62. The lowest BCUT2D eigenvalue weighted by Gasteiger charge is -2.25. The number of thiophene rings is 1. The zero-order valence-corrected chi connectivity index (χ0v) is 8.42.